The number of hydrogen-bond acceptors (Lipinski definition) is 4. The molecule has 1 aliphatic heterocycles. The number of benzene rings is 2. The van der Waals surface area contributed by atoms with Gasteiger partial charge in [0.2, 0.25) is 0 Å². The quantitative estimate of drug-likeness (QED) is 0.584. The predicted molar refractivity (Wildman–Crippen MR) is 110 cm³/mol. The van der Waals surface area contributed by atoms with Crippen molar-refractivity contribution in [1.82, 2.24) is 10.2 Å². The van der Waals surface area contributed by atoms with E-state index in [-0.39, 0.29) is 5.91 Å². The number of methoxy groups -OCH3 is 1. The second-order valence-corrected chi connectivity index (χ2v) is 6.62. The molecule has 0 spiro atoms. The summed E-state index contributed by atoms with van der Waals surface area (Å²) >= 11 is 11.3. The van der Waals surface area contributed by atoms with Gasteiger partial charge in [0.15, 0.2) is 16.6 Å². The van der Waals surface area contributed by atoms with E-state index in [1.165, 1.54) is 4.90 Å². The van der Waals surface area contributed by atoms with Crippen LogP contribution in [0.1, 0.15) is 18.1 Å². The topological polar surface area (TPSA) is 50.8 Å². The molecule has 27 heavy (non-hydrogen) atoms. The van der Waals surface area contributed by atoms with E-state index in [0.717, 1.165) is 11.1 Å². The second kappa shape index (κ2) is 8.41. The molecule has 1 fully saturated rings. The van der Waals surface area contributed by atoms with Crippen LogP contribution >= 0.6 is 23.8 Å². The van der Waals surface area contributed by atoms with Gasteiger partial charge in [0.05, 0.1) is 7.11 Å². The van der Waals surface area contributed by atoms with Gasteiger partial charge >= 0.3 is 0 Å². The van der Waals surface area contributed by atoms with Gasteiger partial charge in [0, 0.05) is 17.1 Å². The highest BCUT2D eigenvalue weighted by Crippen LogP contribution is 2.30. The van der Waals surface area contributed by atoms with Crippen molar-refractivity contribution in [2.75, 3.05) is 13.7 Å². The molecule has 0 unspecified atom stereocenters. The number of amides is 1. The second-order valence-electron chi connectivity index (χ2n) is 5.83. The Labute approximate surface area is 168 Å². The van der Waals surface area contributed by atoms with E-state index in [1.54, 1.807) is 19.3 Å². The highest BCUT2D eigenvalue weighted by atomic mass is 35.5. The number of thiocarbonyl (C=S) groups is 1. The van der Waals surface area contributed by atoms with Gasteiger partial charge in [0.1, 0.15) is 12.3 Å². The molecule has 5 nitrogen and oxygen atoms in total. The minimum absolute atomic E-state index is 0.138. The zero-order valence-corrected chi connectivity index (χ0v) is 16.6. The molecule has 0 aromatic heterocycles. The smallest absolute Gasteiger partial charge is 0.276 e. The maximum absolute atomic E-state index is 12.3. The van der Waals surface area contributed by atoms with Crippen LogP contribution in [-0.4, -0.2) is 29.6 Å². The Balaban J connectivity index is 1.79. The van der Waals surface area contributed by atoms with Crippen LogP contribution in [0, 0.1) is 0 Å². The number of halogens is 1. The Kier molecular flexibility index (Phi) is 5.98. The molecule has 0 aliphatic carbocycles. The number of nitrogens with one attached hydrogen (secondary N) is 1. The van der Waals surface area contributed by atoms with Crippen molar-refractivity contribution in [2.24, 2.45) is 0 Å². The average molecular weight is 403 g/mol. The molecular formula is C20H19ClN2O3S. The third-order valence-corrected chi connectivity index (χ3v) is 4.81. The van der Waals surface area contributed by atoms with Gasteiger partial charge in [-0.25, -0.2) is 0 Å². The number of ether oxygens (including phenoxy) is 2. The molecule has 0 bridgehead atoms. The summed E-state index contributed by atoms with van der Waals surface area (Å²) in [5.41, 5.74) is 2.13. The van der Waals surface area contributed by atoms with E-state index >= 15 is 0 Å². The number of nitrogens with zero attached hydrogens (tertiary/aromatic N) is 1. The van der Waals surface area contributed by atoms with Gasteiger partial charge in [-0.05, 0) is 49.0 Å². The van der Waals surface area contributed by atoms with Crippen molar-refractivity contribution >= 4 is 40.9 Å². The molecule has 140 valence electrons. The Bertz CT molecular complexity index is 914. The van der Waals surface area contributed by atoms with Gasteiger partial charge in [-0.2, -0.15) is 0 Å². The molecule has 2 aromatic rings. The summed E-state index contributed by atoms with van der Waals surface area (Å²) in [6.07, 6.45) is 1.74. The monoisotopic (exact) mass is 402 g/mol. The largest absolute Gasteiger partial charge is 0.493 e. The van der Waals surface area contributed by atoms with Gasteiger partial charge in [-0.15, -0.1) is 0 Å². The van der Waals surface area contributed by atoms with Gasteiger partial charge in [-0.1, -0.05) is 35.9 Å². The first-order valence-electron chi connectivity index (χ1n) is 8.42. The lowest BCUT2D eigenvalue weighted by molar-refractivity contribution is -0.122. The number of rotatable bonds is 6. The molecule has 0 atom stereocenters. The molecule has 3 rings (SSSR count). The highest BCUT2D eigenvalue weighted by molar-refractivity contribution is 7.80. The van der Waals surface area contributed by atoms with Crippen molar-refractivity contribution in [3.8, 4) is 11.5 Å². The highest BCUT2D eigenvalue weighted by Gasteiger charge is 2.29. The van der Waals surface area contributed by atoms with Crippen LogP contribution in [0.5, 0.6) is 11.5 Å². The van der Waals surface area contributed by atoms with Crippen molar-refractivity contribution in [2.45, 2.75) is 13.5 Å². The Hall–Kier alpha value is -2.57. The summed E-state index contributed by atoms with van der Waals surface area (Å²) in [6, 6.07) is 13.0. The minimum atomic E-state index is -0.138. The van der Waals surface area contributed by atoms with E-state index < -0.39 is 0 Å². The summed E-state index contributed by atoms with van der Waals surface area (Å²) in [4.78, 5) is 13.8. The van der Waals surface area contributed by atoms with Crippen LogP contribution < -0.4 is 14.8 Å². The van der Waals surface area contributed by atoms with Crippen molar-refractivity contribution in [1.29, 1.82) is 0 Å². The first-order chi connectivity index (χ1) is 13.0. The van der Waals surface area contributed by atoms with Gasteiger partial charge in [0.25, 0.3) is 5.91 Å². The summed E-state index contributed by atoms with van der Waals surface area (Å²) in [5, 5.41) is 4.01. The predicted octanol–water partition coefficient (Wildman–Crippen LogP) is 4.01. The standard InChI is InChI=1S/C20H19ClN2O3S/c1-3-23-19(24)16(22-20(23)27)10-13-8-9-17(18(11-13)25-2)26-12-14-6-4-5-7-15(14)21/h4-11H,3,12H2,1-2H3,(H,22,27). The van der Waals surface area contributed by atoms with Gasteiger partial charge < -0.3 is 14.8 Å². The maximum atomic E-state index is 12.3. The number of hydrogen-bond donors (Lipinski definition) is 1. The molecule has 0 radical (unpaired) electrons. The summed E-state index contributed by atoms with van der Waals surface area (Å²) in [7, 11) is 1.57. The molecular weight excluding hydrogens is 384 g/mol. The Morgan fingerprint density at radius 1 is 1.22 bits per heavy atom. The molecule has 1 saturated heterocycles. The van der Waals surface area contributed by atoms with Crippen molar-refractivity contribution in [3.63, 3.8) is 0 Å². The van der Waals surface area contributed by atoms with Crippen LogP contribution in [-0.2, 0) is 11.4 Å². The molecule has 1 heterocycles. The normalized spacial score (nSPS) is 15.2. The molecule has 1 amide bonds. The van der Waals surface area contributed by atoms with Crippen LogP contribution in [0.2, 0.25) is 5.02 Å². The van der Waals surface area contributed by atoms with Crippen molar-refractivity contribution < 1.29 is 14.3 Å². The zero-order valence-electron chi connectivity index (χ0n) is 15.0. The molecule has 0 saturated carbocycles. The van der Waals surface area contributed by atoms with E-state index in [9.17, 15) is 4.79 Å². The Morgan fingerprint density at radius 2 is 2.00 bits per heavy atom. The van der Waals surface area contributed by atoms with E-state index in [1.807, 2.05) is 43.3 Å². The fraction of sp³-hybridized carbons (Fsp3) is 0.200. The van der Waals surface area contributed by atoms with Crippen LogP contribution in [0.3, 0.4) is 0 Å². The summed E-state index contributed by atoms with van der Waals surface area (Å²) < 4.78 is 11.3. The van der Waals surface area contributed by atoms with E-state index in [2.05, 4.69) is 5.32 Å². The third-order valence-electron chi connectivity index (χ3n) is 4.12. The molecule has 7 heteroatoms. The lowest BCUT2D eigenvalue weighted by Crippen LogP contribution is -2.30. The minimum Gasteiger partial charge on any atom is -0.493 e. The fourth-order valence-corrected chi connectivity index (χ4v) is 3.20. The zero-order chi connectivity index (χ0) is 19.4. The van der Waals surface area contributed by atoms with Crippen LogP contribution in [0.15, 0.2) is 48.2 Å². The molecule has 1 aliphatic rings. The fourth-order valence-electron chi connectivity index (χ4n) is 2.69. The number of carbonyl (C=O) groups excluding carboxylic acids is 1. The lowest BCUT2D eigenvalue weighted by atomic mass is 10.1. The average Bonchev–Trinajstić information content (AvgIpc) is 2.94. The number of carbonyl (C=O) groups is 1. The van der Waals surface area contributed by atoms with E-state index in [4.69, 9.17) is 33.3 Å². The maximum Gasteiger partial charge on any atom is 0.276 e. The summed E-state index contributed by atoms with van der Waals surface area (Å²) in [5.74, 6) is 1.02. The molecule has 2 aromatic carbocycles. The van der Waals surface area contributed by atoms with E-state index in [0.29, 0.717) is 40.5 Å². The van der Waals surface area contributed by atoms with Gasteiger partial charge in [-0.3, -0.25) is 9.69 Å². The Morgan fingerprint density at radius 3 is 2.67 bits per heavy atom. The first-order valence-corrected chi connectivity index (χ1v) is 9.21. The summed E-state index contributed by atoms with van der Waals surface area (Å²) in [6.45, 7) is 2.74. The number of likely N-dealkylation sites (N-methyl/N-ethyl adjacent to an activating group) is 1. The first kappa shape index (κ1) is 19.2. The lowest BCUT2D eigenvalue weighted by Gasteiger charge is -2.12. The third kappa shape index (κ3) is 4.23. The van der Waals surface area contributed by atoms with Crippen molar-refractivity contribution in [3.05, 3.63) is 64.3 Å². The SMILES string of the molecule is CCN1C(=O)C(=Cc2ccc(OCc3ccccc3Cl)c(OC)c2)NC1=S. The molecule has 1 N–H and O–H groups in total. The van der Waals surface area contributed by atoms with Crippen LogP contribution in [0.4, 0.5) is 0 Å². The van der Waals surface area contributed by atoms with Crippen LogP contribution in [0.25, 0.3) is 6.08 Å².